The van der Waals surface area contributed by atoms with Crippen LogP contribution in [0.5, 0.6) is 0 Å². The van der Waals surface area contributed by atoms with Crippen LogP contribution in [0.4, 0.5) is 4.79 Å². The number of hydrogen-bond donors (Lipinski definition) is 2. The van der Waals surface area contributed by atoms with Crippen LogP contribution < -0.4 is 10.7 Å². The van der Waals surface area contributed by atoms with Crippen molar-refractivity contribution in [2.75, 3.05) is 5.75 Å². The molecule has 1 unspecified atom stereocenters. The fourth-order valence-corrected chi connectivity index (χ4v) is 3.80. The number of hydrogen-bond acceptors (Lipinski definition) is 8. The topological polar surface area (TPSA) is 115 Å². The van der Waals surface area contributed by atoms with Crippen molar-refractivity contribution in [3.63, 3.8) is 0 Å². The first-order chi connectivity index (χ1) is 13.6. The molecule has 1 amide bonds. The summed E-state index contributed by atoms with van der Waals surface area (Å²) in [7, 11) is 0. The minimum Gasteiger partial charge on any atom is -0.468 e. The van der Waals surface area contributed by atoms with Gasteiger partial charge in [0.15, 0.2) is 12.0 Å². The van der Waals surface area contributed by atoms with E-state index in [9.17, 15) is 14.9 Å². The lowest BCUT2D eigenvalue weighted by Crippen LogP contribution is -2.39. The number of amides is 1. The maximum atomic E-state index is 11.8. The molecule has 2 N–H and O–H groups in total. The highest BCUT2D eigenvalue weighted by Gasteiger charge is 2.27. The zero-order valence-electron chi connectivity index (χ0n) is 18.0. The summed E-state index contributed by atoms with van der Waals surface area (Å²) in [6.45, 7) is 12.6. The highest BCUT2D eigenvalue weighted by atomic mass is 32.2. The zero-order valence-corrected chi connectivity index (χ0v) is 18.8. The third-order valence-corrected chi connectivity index (χ3v) is 5.67. The van der Waals surface area contributed by atoms with Crippen LogP contribution in [-0.4, -0.2) is 46.1 Å². The summed E-state index contributed by atoms with van der Waals surface area (Å²) < 4.78 is 10.6. The standard InChI is InChI=1S/C19H34N4O5S/c1-7-29-18(22-21-15(6)28-14(5)13(4)23(25)26)16-8-10-17(11-9-16)20-19(24)27-12(2)3/h12-14,16-17,21H,6-11H2,1-5H3,(H,20,24)/b22-18-/t13?,14-,16?,17?/m1/s1. The first kappa shape index (κ1) is 25.1. The molecule has 10 heteroatoms. The van der Waals surface area contributed by atoms with E-state index in [1.165, 1.54) is 6.92 Å². The molecular formula is C19H34N4O5S. The number of carbonyl (C=O) groups excluding carboxylic acids is 1. The summed E-state index contributed by atoms with van der Waals surface area (Å²) in [5.74, 6) is 1.35. The van der Waals surface area contributed by atoms with Crippen LogP contribution in [0.1, 0.15) is 60.3 Å². The average Bonchev–Trinajstić information content (AvgIpc) is 2.64. The second-order valence-corrected chi connectivity index (χ2v) is 8.70. The molecule has 1 rings (SSSR count). The highest BCUT2D eigenvalue weighted by molar-refractivity contribution is 8.13. The number of nitrogens with zero attached hydrogens (tertiary/aromatic N) is 2. The SMILES string of the molecule is C=C(N/N=C(\SCC)C1CCC(NC(=O)OC(C)C)CC1)O[C@H](C)C(C)[N+](=O)[O-]. The zero-order chi connectivity index (χ0) is 22.0. The molecule has 29 heavy (non-hydrogen) atoms. The minimum absolute atomic E-state index is 0.112. The Labute approximate surface area is 177 Å². The van der Waals surface area contributed by atoms with Gasteiger partial charge < -0.3 is 14.8 Å². The van der Waals surface area contributed by atoms with E-state index >= 15 is 0 Å². The van der Waals surface area contributed by atoms with E-state index in [4.69, 9.17) is 9.47 Å². The number of hydrazone groups is 1. The Morgan fingerprint density at radius 2 is 1.86 bits per heavy atom. The molecule has 166 valence electrons. The number of nitro groups is 1. The molecule has 1 fully saturated rings. The first-order valence-electron chi connectivity index (χ1n) is 10.1. The van der Waals surface area contributed by atoms with Crippen LogP contribution in [-0.2, 0) is 9.47 Å². The predicted octanol–water partition coefficient (Wildman–Crippen LogP) is 3.88. The van der Waals surface area contributed by atoms with Crippen molar-refractivity contribution in [1.29, 1.82) is 0 Å². The Bertz CT molecular complexity index is 591. The fraction of sp³-hybridized carbons (Fsp3) is 0.789. The first-order valence-corrected chi connectivity index (χ1v) is 11.0. The average molecular weight is 431 g/mol. The molecule has 1 saturated carbocycles. The van der Waals surface area contributed by atoms with Gasteiger partial charge in [-0.25, -0.2) is 10.2 Å². The highest BCUT2D eigenvalue weighted by Crippen LogP contribution is 2.29. The van der Waals surface area contributed by atoms with Gasteiger partial charge in [-0.15, -0.1) is 11.8 Å². The van der Waals surface area contributed by atoms with Crippen molar-refractivity contribution in [3.8, 4) is 0 Å². The van der Waals surface area contributed by atoms with Gasteiger partial charge in [-0.2, -0.15) is 5.10 Å². The van der Waals surface area contributed by atoms with Crippen molar-refractivity contribution in [2.45, 2.75) is 84.6 Å². The normalized spacial score (nSPS) is 21.8. The van der Waals surface area contributed by atoms with Crippen molar-refractivity contribution < 1.29 is 19.2 Å². The van der Waals surface area contributed by atoms with Crippen LogP contribution in [0.15, 0.2) is 17.6 Å². The van der Waals surface area contributed by atoms with Gasteiger partial charge in [-0.05, 0) is 58.8 Å². The number of rotatable bonds is 10. The van der Waals surface area contributed by atoms with Gasteiger partial charge in [-0.1, -0.05) is 6.92 Å². The van der Waals surface area contributed by atoms with Gasteiger partial charge in [0.2, 0.25) is 6.04 Å². The lowest BCUT2D eigenvalue weighted by molar-refractivity contribution is -0.529. The Balaban J connectivity index is 2.55. The number of alkyl carbamates (subject to hydrolysis) is 1. The molecule has 2 atom stereocenters. The molecule has 1 aliphatic carbocycles. The Morgan fingerprint density at radius 1 is 1.24 bits per heavy atom. The molecule has 0 bridgehead atoms. The van der Waals surface area contributed by atoms with Gasteiger partial charge in [-0.3, -0.25) is 10.1 Å². The second-order valence-electron chi connectivity index (χ2n) is 7.41. The summed E-state index contributed by atoms with van der Waals surface area (Å²) in [5.41, 5.74) is 2.79. The molecule has 0 aromatic rings. The van der Waals surface area contributed by atoms with E-state index in [1.54, 1.807) is 18.7 Å². The molecule has 0 radical (unpaired) electrons. The summed E-state index contributed by atoms with van der Waals surface area (Å²) in [6, 6.07) is -0.728. The lowest BCUT2D eigenvalue weighted by Gasteiger charge is -2.29. The molecule has 0 aromatic heterocycles. The van der Waals surface area contributed by atoms with Crippen LogP contribution in [0.25, 0.3) is 0 Å². The Hall–Kier alpha value is -1.97. The summed E-state index contributed by atoms with van der Waals surface area (Å²) in [5, 5.41) is 19.2. The molecule has 0 aliphatic heterocycles. The molecule has 1 aliphatic rings. The van der Waals surface area contributed by atoms with E-state index in [1.807, 2.05) is 13.8 Å². The van der Waals surface area contributed by atoms with E-state index < -0.39 is 12.1 Å². The number of thioether (sulfide) groups is 1. The summed E-state index contributed by atoms with van der Waals surface area (Å²) >= 11 is 1.65. The van der Waals surface area contributed by atoms with Crippen LogP contribution in [0, 0.1) is 16.0 Å². The smallest absolute Gasteiger partial charge is 0.407 e. The Kier molecular flexibility index (Phi) is 10.9. The number of ether oxygens (including phenoxy) is 2. The minimum atomic E-state index is -0.841. The van der Waals surface area contributed by atoms with Crippen LogP contribution in [0.2, 0.25) is 0 Å². The molecule has 9 nitrogen and oxygen atoms in total. The maximum Gasteiger partial charge on any atom is 0.407 e. The molecule has 0 aromatic carbocycles. The van der Waals surface area contributed by atoms with E-state index in [2.05, 4.69) is 29.3 Å². The third kappa shape index (κ3) is 9.38. The fourth-order valence-electron chi connectivity index (χ4n) is 2.93. The third-order valence-electron chi connectivity index (χ3n) is 4.66. The van der Waals surface area contributed by atoms with Gasteiger partial charge in [0, 0.05) is 23.8 Å². The van der Waals surface area contributed by atoms with Crippen molar-refractivity contribution in [1.82, 2.24) is 10.7 Å². The van der Waals surface area contributed by atoms with E-state index in [0.717, 1.165) is 36.5 Å². The van der Waals surface area contributed by atoms with Crippen molar-refractivity contribution in [3.05, 3.63) is 22.6 Å². The molecular weight excluding hydrogens is 396 g/mol. The quantitative estimate of drug-likeness (QED) is 0.178. The largest absolute Gasteiger partial charge is 0.468 e. The van der Waals surface area contributed by atoms with E-state index in [0.29, 0.717) is 0 Å². The summed E-state index contributed by atoms with van der Waals surface area (Å²) in [6.07, 6.45) is 2.41. The van der Waals surface area contributed by atoms with Gasteiger partial charge in [0.25, 0.3) is 0 Å². The van der Waals surface area contributed by atoms with Crippen LogP contribution in [0.3, 0.4) is 0 Å². The van der Waals surface area contributed by atoms with Crippen molar-refractivity contribution >= 4 is 22.9 Å². The molecule has 0 spiro atoms. The Morgan fingerprint density at radius 3 is 2.38 bits per heavy atom. The van der Waals surface area contributed by atoms with Gasteiger partial charge >= 0.3 is 6.09 Å². The maximum absolute atomic E-state index is 11.8. The predicted molar refractivity (Wildman–Crippen MR) is 115 cm³/mol. The lowest BCUT2D eigenvalue weighted by atomic mass is 9.86. The molecule has 0 heterocycles. The second kappa shape index (κ2) is 12.6. The number of carbonyl (C=O) groups is 1. The van der Waals surface area contributed by atoms with E-state index in [-0.39, 0.29) is 35.0 Å². The van der Waals surface area contributed by atoms with Gasteiger partial charge in [0.05, 0.1) is 11.1 Å². The van der Waals surface area contributed by atoms with Gasteiger partial charge in [0.1, 0.15) is 0 Å². The molecule has 0 saturated heterocycles. The monoisotopic (exact) mass is 430 g/mol. The van der Waals surface area contributed by atoms with Crippen molar-refractivity contribution in [2.24, 2.45) is 11.0 Å². The summed E-state index contributed by atoms with van der Waals surface area (Å²) in [4.78, 5) is 22.2. The van der Waals surface area contributed by atoms with Crippen LogP contribution >= 0.6 is 11.8 Å². The number of nitrogens with one attached hydrogen (secondary N) is 2.